The van der Waals surface area contributed by atoms with Crippen molar-refractivity contribution in [1.82, 2.24) is 10.9 Å². The molecule has 0 unspecified atom stereocenters. The number of hydrogen-bond donors (Lipinski definition) is 2. The van der Waals surface area contributed by atoms with E-state index in [1.807, 2.05) is 36.4 Å². The Kier molecular flexibility index (Phi) is 5.66. The van der Waals surface area contributed by atoms with Gasteiger partial charge in [0, 0.05) is 15.6 Å². The average Bonchev–Trinajstić information content (AvgIpc) is 2.67. The Balaban J connectivity index is 1.57. The maximum Gasteiger partial charge on any atom is 0.269 e. The number of hydrogen-bond acceptors (Lipinski definition) is 3. The van der Waals surface area contributed by atoms with Gasteiger partial charge in [-0.2, -0.15) is 0 Å². The molecule has 6 heteroatoms. The molecule has 130 valence electrons. The van der Waals surface area contributed by atoms with Crippen LogP contribution in [0.25, 0.3) is 0 Å². The van der Waals surface area contributed by atoms with Crippen LogP contribution in [-0.4, -0.2) is 11.8 Å². The lowest BCUT2D eigenvalue weighted by molar-refractivity contribution is 0.0846. The molecule has 0 fully saturated rings. The summed E-state index contributed by atoms with van der Waals surface area (Å²) in [5.41, 5.74) is 5.62. The normalized spacial score (nSPS) is 10.0. The van der Waals surface area contributed by atoms with Gasteiger partial charge in [-0.1, -0.05) is 40.2 Å². The fraction of sp³-hybridized carbons (Fsp3) is 0. The Hall–Kier alpha value is -3.12. The van der Waals surface area contributed by atoms with Crippen molar-refractivity contribution >= 4 is 27.7 Å². The molecule has 0 spiro atoms. The highest BCUT2D eigenvalue weighted by Crippen LogP contribution is 2.21. The van der Waals surface area contributed by atoms with Crippen LogP contribution in [0.15, 0.2) is 83.3 Å². The average molecular weight is 411 g/mol. The number of carbonyl (C=O) groups is 2. The molecule has 0 radical (unpaired) electrons. The minimum absolute atomic E-state index is 0.399. The SMILES string of the molecule is O=C(NNC(=O)c1cccc(Br)c1)c1ccc(Oc2ccccc2)cc1. The van der Waals surface area contributed by atoms with Crippen molar-refractivity contribution in [2.75, 3.05) is 0 Å². The van der Waals surface area contributed by atoms with E-state index in [4.69, 9.17) is 4.74 Å². The fourth-order valence-corrected chi connectivity index (χ4v) is 2.59. The zero-order chi connectivity index (χ0) is 18.4. The van der Waals surface area contributed by atoms with E-state index in [2.05, 4.69) is 26.8 Å². The van der Waals surface area contributed by atoms with Crippen LogP contribution in [0, 0.1) is 0 Å². The van der Waals surface area contributed by atoms with E-state index in [-0.39, 0.29) is 0 Å². The lowest BCUT2D eigenvalue weighted by Crippen LogP contribution is -2.41. The van der Waals surface area contributed by atoms with Crippen LogP contribution in [-0.2, 0) is 0 Å². The van der Waals surface area contributed by atoms with Gasteiger partial charge in [-0.15, -0.1) is 0 Å². The molecule has 0 atom stereocenters. The molecule has 2 amide bonds. The molecule has 0 aliphatic heterocycles. The van der Waals surface area contributed by atoms with Gasteiger partial charge in [0.25, 0.3) is 11.8 Å². The van der Waals surface area contributed by atoms with Gasteiger partial charge < -0.3 is 4.74 Å². The van der Waals surface area contributed by atoms with Crippen LogP contribution in [0.3, 0.4) is 0 Å². The number of rotatable bonds is 4. The van der Waals surface area contributed by atoms with Crippen molar-refractivity contribution < 1.29 is 14.3 Å². The number of halogens is 1. The minimum Gasteiger partial charge on any atom is -0.457 e. The van der Waals surface area contributed by atoms with Crippen molar-refractivity contribution in [2.24, 2.45) is 0 Å². The number of carbonyl (C=O) groups excluding carboxylic acids is 2. The molecule has 0 saturated heterocycles. The topological polar surface area (TPSA) is 67.4 Å². The van der Waals surface area contributed by atoms with Gasteiger partial charge in [0.05, 0.1) is 0 Å². The van der Waals surface area contributed by atoms with E-state index in [9.17, 15) is 9.59 Å². The fourth-order valence-electron chi connectivity index (χ4n) is 2.19. The van der Waals surface area contributed by atoms with E-state index >= 15 is 0 Å². The summed E-state index contributed by atoms with van der Waals surface area (Å²) < 4.78 is 6.46. The van der Waals surface area contributed by atoms with Gasteiger partial charge in [0.2, 0.25) is 0 Å². The van der Waals surface area contributed by atoms with Crippen molar-refractivity contribution in [1.29, 1.82) is 0 Å². The second-order valence-corrected chi connectivity index (χ2v) is 6.27. The third-order valence-electron chi connectivity index (χ3n) is 3.47. The van der Waals surface area contributed by atoms with Crippen molar-refractivity contribution in [3.8, 4) is 11.5 Å². The number of amides is 2. The lowest BCUT2D eigenvalue weighted by atomic mass is 10.2. The Morgan fingerprint density at radius 1 is 0.692 bits per heavy atom. The molecule has 3 aromatic rings. The van der Waals surface area contributed by atoms with Gasteiger partial charge in [-0.25, -0.2) is 0 Å². The molecule has 0 bridgehead atoms. The van der Waals surface area contributed by atoms with Gasteiger partial charge in [0.15, 0.2) is 0 Å². The molecule has 0 aromatic heterocycles. The summed E-state index contributed by atoms with van der Waals surface area (Å²) in [6.07, 6.45) is 0. The highest BCUT2D eigenvalue weighted by molar-refractivity contribution is 9.10. The third kappa shape index (κ3) is 4.70. The molecule has 0 heterocycles. The number of ether oxygens (including phenoxy) is 1. The summed E-state index contributed by atoms with van der Waals surface area (Å²) in [6, 6.07) is 22.9. The molecule has 0 saturated carbocycles. The number of hydrazine groups is 1. The quantitative estimate of drug-likeness (QED) is 0.629. The van der Waals surface area contributed by atoms with Gasteiger partial charge in [-0.05, 0) is 54.6 Å². The molecule has 0 aliphatic rings. The summed E-state index contributed by atoms with van der Waals surface area (Å²) >= 11 is 3.30. The minimum atomic E-state index is -0.417. The maximum absolute atomic E-state index is 12.1. The van der Waals surface area contributed by atoms with Crippen molar-refractivity contribution in [2.45, 2.75) is 0 Å². The largest absolute Gasteiger partial charge is 0.457 e. The van der Waals surface area contributed by atoms with Crippen LogP contribution < -0.4 is 15.6 Å². The van der Waals surface area contributed by atoms with E-state index in [0.717, 1.165) is 4.47 Å². The smallest absolute Gasteiger partial charge is 0.269 e. The monoisotopic (exact) mass is 410 g/mol. The first-order chi connectivity index (χ1) is 12.6. The second-order valence-electron chi connectivity index (χ2n) is 5.36. The predicted molar refractivity (Wildman–Crippen MR) is 102 cm³/mol. The summed E-state index contributed by atoms with van der Waals surface area (Å²) in [5, 5.41) is 0. The van der Waals surface area contributed by atoms with Gasteiger partial charge >= 0.3 is 0 Å². The Bertz CT molecular complexity index is 912. The number of para-hydroxylation sites is 1. The number of nitrogens with one attached hydrogen (secondary N) is 2. The third-order valence-corrected chi connectivity index (χ3v) is 3.97. The van der Waals surface area contributed by atoms with E-state index in [1.165, 1.54) is 0 Å². The molecular weight excluding hydrogens is 396 g/mol. The molecule has 3 rings (SSSR count). The lowest BCUT2D eigenvalue weighted by Gasteiger charge is -2.09. The molecular formula is C20H15BrN2O3. The second kappa shape index (κ2) is 8.31. The first-order valence-electron chi connectivity index (χ1n) is 7.81. The van der Waals surface area contributed by atoms with E-state index in [0.29, 0.717) is 22.6 Å². The van der Waals surface area contributed by atoms with Gasteiger partial charge in [-0.3, -0.25) is 20.4 Å². The molecule has 3 aromatic carbocycles. The Labute approximate surface area is 159 Å². The Morgan fingerprint density at radius 2 is 1.31 bits per heavy atom. The van der Waals surface area contributed by atoms with E-state index < -0.39 is 11.8 Å². The van der Waals surface area contributed by atoms with Crippen LogP contribution >= 0.6 is 15.9 Å². The maximum atomic E-state index is 12.1. The molecule has 2 N–H and O–H groups in total. The van der Waals surface area contributed by atoms with Crippen LogP contribution in [0.5, 0.6) is 11.5 Å². The highest BCUT2D eigenvalue weighted by atomic mass is 79.9. The van der Waals surface area contributed by atoms with Crippen molar-refractivity contribution in [3.63, 3.8) is 0 Å². The molecule has 26 heavy (non-hydrogen) atoms. The standard InChI is InChI=1S/C20H15BrN2O3/c21-16-6-4-5-15(13-16)20(25)23-22-19(24)14-9-11-18(12-10-14)26-17-7-2-1-3-8-17/h1-13H,(H,22,24)(H,23,25). The van der Waals surface area contributed by atoms with E-state index in [1.54, 1.807) is 42.5 Å². The molecule has 0 aliphatic carbocycles. The summed E-state index contributed by atoms with van der Waals surface area (Å²) in [5.74, 6) is 0.514. The number of benzene rings is 3. The zero-order valence-electron chi connectivity index (χ0n) is 13.6. The van der Waals surface area contributed by atoms with Crippen molar-refractivity contribution in [3.05, 3.63) is 94.5 Å². The predicted octanol–water partition coefficient (Wildman–Crippen LogP) is 4.32. The van der Waals surface area contributed by atoms with Crippen LogP contribution in [0.2, 0.25) is 0 Å². The molecule has 5 nitrogen and oxygen atoms in total. The van der Waals surface area contributed by atoms with Gasteiger partial charge in [0.1, 0.15) is 11.5 Å². The first kappa shape index (κ1) is 17.7. The summed E-state index contributed by atoms with van der Waals surface area (Å²) in [4.78, 5) is 24.2. The van der Waals surface area contributed by atoms with Crippen LogP contribution in [0.1, 0.15) is 20.7 Å². The summed E-state index contributed by atoms with van der Waals surface area (Å²) in [6.45, 7) is 0. The first-order valence-corrected chi connectivity index (χ1v) is 8.60. The zero-order valence-corrected chi connectivity index (χ0v) is 15.2. The Morgan fingerprint density at radius 3 is 1.96 bits per heavy atom. The van der Waals surface area contributed by atoms with Crippen LogP contribution in [0.4, 0.5) is 0 Å². The summed E-state index contributed by atoms with van der Waals surface area (Å²) in [7, 11) is 0. The highest BCUT2D eigenvalue weighted by Gasteiger charge is 2.09.